The summed E-state index contributed by atoms with van der Waals surface area (Å²) in [5, 5.41) is 3.14. The summed E-state index contributed by atoms with van der Waals surface area (Å²) < 4.78 is 37.5. The number of nitrogens with zero attached hydrogens (tertiary/aromatic N) is 2. The summed E-state index contributed by atoms with van der Waals surface area (Å²) in [6.07, 6.45) is 0.635. The van der Waals surface area contributed by atoms with Crippen LogP contribution in [0.2, 0.25) is 0 Å². The van der Waals surface area contributed by atoms with E-state index in [2.05, 4.69) is 27.1 Å². The Kier molecular flexibility index (Phi) is 5.18. The molecule has 0 unspecified atom stereocenters. The van der Waals surface area contributed by atoms with E-state index >= 15 is 0 Å². The molecule has 0 aliphatic rings. The lowest BCUT2D eigenvalue weighted by atomic mass is 10.1. The lowest BCUT2D eigenvalue weighted by molar-refractivity contribution is -0.137. The Morgan fingerprint density at radius 2 is 1.50 bits per heavy atom. The highest BCUT2D eigenvalue weighted by atomic mass is 19.4. The maximum atomic E-state index is 12.5. The van der Waals surface area contributed by atoms with Gasteiger partial charge in [-0.05, 0) is 42.0 Å². The van der Waals surface area contributed by atoms with Gasteiger partial charge in [0.2, 0.25) is 0 Å². The molecule has 130 valence electrons. The molecular weight excluding hydrogens is 339 g/mol. The highest BCUT2D eigenvalue weighted by Gasteiger charge is 2.29. The van der Waals surface area contributed by atoms with Crippen LogP contribution in [0.1, 0.15) is 11.1 Å². The molecule has 1 N–H and O–H groups in total. The average Bonchev–Trinajstić information content (AvgIpc) is 2.66. The van der Waals surface area contributed by atoms with Gasteiger partial charge < -0.3 is 5.32 Å². The first-order chi connectivity index (χ1) is 12.5. The minimum atomic E-state index is -4.33. The van der Waals surface area contributed by atoms with Crippen LogP contribution < -0.4 is 5.32 Å². The van der Waals surface area contributed by atoms with E-state index in [1.54, 1.807) is 12.4 Å². The minimum absolute atomic E-state index is 0.384. The fourth-order valence-electron chi connectivity index (χ4n) is 2.26. The SMILES string of the molecule is FC(F)(F)c1ccc(C#CCNc2ccc(-c3cncnc3)cc2)cc1. The number of rotatable bonds is 3. The average molecular weight is 353 g/mol. The van der Waals surface area contributed by atoms with Gasteiger partial charge in [-0.3, -0.25) is 0 Å². The van der Waals surface area contributed by atoms with E-state index in [0.29, 0.717) is 12.1 Å². The normalized spacial score (nSPS) is 10.7. The molecule has 0 aliphatic carbocycles. The molecule has 0 saturated heterocycles. The summed E-state index contributed by atoms with van der Waals surface area (Å²) in [4.78, 5) is 7.97. The summed E-state index contributed by atoms with van der Waals surface area (Å²) in [7, 11) is 0. The Morgan fingerprint density at radius 3 is 2.12 bits per heavy atom. The highest BCUT2D eigenvalue weighted by Crippen LogP contribution is 2.28. The van der Waals surface area contributed by atoms with Crippen LogP contribution in [0.25, 0.3) is 11.1 Å². The van der Waals surface area contributed by atoms with Crippen LogP contribution in [0.4, 0.5) is 18.9 Å². The number of aromatic nitrogens is 2. The number of anilines is 1. The van der Waals surface area contributed by atoms with Crippen molar-refractivity contribution in [1.82, 2.24) is 9.97 Å². The van der Waals surface area contributed by atoms with Crippen LogP contribution in [0, 0.1) is 11.8 Å². The van der Waals surface area contributed by atoms with Crippen molar-refractivity contribution in [2.24, 2.45) is 0 Å². The summed E-state index contributed by atoms with van der Waals surface area (Å²) >= 11 is 0. The van der Waals surface area contributed by atoms with Crippen molar-refractivity contribution in [3.63, 3.8) is 0 Å². The third kappa shape index (κ3) is 4.61. The Morgan fingerprint density at radius 1 is 0.846 bits per heavy atom. The Labute approximate surface area is 148 Å². The van der Waals surface area contributed by atoms with Gasteiger partial charge in [-0.15, -0.1) is 0 Å². The number of halogens is 3. The molecule has 0 spiro atoms. The van der Waals surface area contributed by atoms with Crippen molar-refractivity contribution in [3.05, 3.63) is 78.4 Å². The topological polar surface area (TPSA) is 37.8 Å². The monoisotopic (exact) mass is 353 g/mol. The van der Waals surface area contributed by atoms with Crippen LogP contribution in [0.5, 0.6) is 0 Å². The number of nitrogens with one attached hydrogen (secondary N) is 1. The van der Waals surface area contributed by atoms with E-state index < -0.39 is 11.7 Å². The van der Waals surface area contributed by atoms with E-state index in [0.717, 1.165) is 28.9 Å². The fourth-order valence-corrected chi connectivity index (χ4v) is 2.26. The molecule has 0 atom stereocenters. The predicted octanol–water partition coefficient (Wildman–Crippen LogP) is 4.63. The summed E-state index contributed by atoms with van der Waals surface area (Å²) in [6.45, 7) is 0.384. The number of hydrogen-bond donors (Lipinski definition) is 1. The quantitative estimate of drug-likeness (QED) is 0.698. The second-order valence-electron chi connectivity index (χ2n) is 5.43. The van der Waals surface area contributed by atoms with Crippen molar-refractivity contribution in [2.75, 3.05) is 11.9 Å². The van der Waals surface area contributed by atoms with Gasteiger partial charge in [0, 0.05) is 29.2 Å². The molecule has 3 nitrogen and oxygen atoms in total. The van der Waals surface area contributed by atoms with Gasteiger partial charge in [0.05, 0.1) is 12.1 Å². The maximum absolute atomic E-state index is 12.5. The molecule has 0 saturated carbocycles. The zero-order valence-electron chi connectivity index (χ0n) is 13.6. The molecule has 1 heterocycles. The van der Waals surface area contributed by atoms with Crippen LogP contribution in [0.15, 0.2) is 67.3 Å². The molecule has 0 fully saturated rings. The minimum Gasteiger partial charge on any atom is -0.374 e. The van der Waals surface area contributed by atoms with Crippen LogP contribution in [-0.2, 0) is 6.18 Å². The number of hydrogen-bond acceptors (Lipinski definition) is 3. The third-order valence-corrected chi connectivity index (χ3v) is 3.60. The van der Waals surface area contributed by atoms with Crippen molar-refractivity contribution < 1.29 is 13.2 Å². The van der Waals surface area contributed by atoms with E-state index in [4.69, 9.17) is 0 Å². The van der Waals surface area contributed by atoms with Gasteiger partial charge in [-0.1, -0.05) is 24.0 Å². The molecule has 0 aliphatic heterocycles. The Bertz CT molecular complexity index is 907. The van der Waals surface area contributed by atoms with Gasteiger partial charge in [0.1, 0.15) is 6.33 Å². The molecular formula is C20H14F3N3. The second-order valence-corrected chi connectivity index (χ2v) is 5.43. The van der Waals surface area contributed by atoms with Gasteiger partial charge in [0.25, 0.3) is 0 Å². The molecule has 2 aromatic carbocycles. The third-order valence-electron chi connectivity index (χ3n) is 3.60. The molecule has 26 heavy (non-hydrogen) atoms. The Hall–Kier alpha value is -3.33. The van der Waals surface area contributed by atoms with Crippen LogP contribution in [-0.4, -0.2) is 16.5 Å². The van der Waals surface area contributed by atoms with Gasteiger partial charge in [-0.2, -0.15) is 13.2 Å². The van der Waals surface area contributed by atoms with E-state index in [9.17, 15) is 13.2 Å². The van der Waals surface area contributed by atoms with E-state index in [1.807, 2.05) is 24.3 Å². The molecule has 0 amide bonds. The first kappa shape index (κ1) is 17.5. The first-order valence-corrected chi connectivity index (χ1v) is 7.78. The summed E-state index contributed by atoms with van der Waals surface area (Å²) in [6, 6.07) is 12.5. The largest absolute Gasteiger partial charge is 0.416 e. The van der Waals surface area contributed by atoms with Crippen molar-refractivity contribution in [2.45, 2.75) is 6.18 Å². The van der Waals surface area contributed by atoms with Crippen molar-refractivity contribution in [1.29, 1.82) is 0 Å². The lowest BCUT2D eigenvalue weighted by Gasteiger charge is -2.05. The summed E-state index contributed by atoms with van der Waals surface area (Å²) in [5.41, 5.74) is 2.70. The molecule has 3 aromatic rings. The zero-order chi connectivity index (χ0) is 18.4. The lowest BCUT2D eigenvalue weighted by Crippen LogP contribution is -2.04. The van der Waals surface area contributed by atoms with Crippen LogP contribution in [0.3, 0.4) is 0 Å². The molecule has 6 heteroatoms. The van der Waals surface area contributed by atoms with Gasteiger partial charge in [0.15, 0.2) is 0 Å². The van der Waals surface area contributed by atoms with E-state index in [-0.39, 0.29) is 0 Å². The van der Waals surface area contributed by atoms with Gasteiger partial charge in [-0.25, -0.2) is 9.97 Å². The second kappa shape index (κ2) is 7.70. The summed E-state index contributed by atoms with van der Waals surface area (Å²) in [5.74, 6) is 5.73. The van der Waals surface area contributed by atoms with Crippen LogP contribution >= 0.6 is 0 Å². The van der Waals surface area contributed by atoms with Crippen molar-refractivity contribution in [3.8, 4) is 23.0 Å². The first-order valence-electron chi connectivity index (χ1n) is 7.78. The Balaban J connectivity index is 1.56. The molecule has 0 radical (unpaired) electrons. The maximum Gasteiger partial charge on any atom is 0.416 e. The highest BCUT2D eigenvalue weighted by molar-refractivity contribution is 5.64. The molecule has 3 rings (SSSR count). The fraction of sp³-hybridized carbons (Fsp3) is 0.100. The van der Waals surface area contributed by atoms with Gasteiger partial charge >= 0.3 is 6.18 Å². The standard InChI is InChI=1S/C20H14F3N3/c21-20(22,23)18-7-3-15(4-8-18)2-1-11-26-19-9-5-16(6-10-19)17-12-24-14-25-13-17/h3-10,12-14,26H,11H2. The van der Waals surface area contributed by atoms with E-state index in [1.165, 1.54) is 18.5 Å². The zero-order valence-corrected chi connectivity index (χ0v) is 13.6. The number of alkyl halides is 3. The number of benzene rings is 2. The van der Waals surface area contributed by atoms with Crippen molar-refractivity contribution >= 4 is 5.69 Å². The molecule has 0 bridgehead atoms. The smallest absolute Gasteiger partial charge is 0.374 e. The molecule has 1 aromatic heterocycles. The predicted molar refractivity (Wildman–Crippen MR) is 94.3 cm³/mol.